The van der Waals surface area contributed by atoms with Crippen molar-refractivity contribution in [2.45, 2.75) is 38.5 Å². The molecule has 19 heavy (non-hydrogen) atoms. The van der Waals surface area contributed by atoms with Crippen LogP contribution in [0.4, 0.5) is 4.79 Å². The Morgan fingerprint density at radius 3 is 2.42 bits per heavy atom. The fraction of sp³-hybridized carbons (Fsp3) is 0.667. The highest BCUT2D eigenvalue weighted by molar-refractivity contribution is 5.78. The molecule has 0 spiro atoms. The lowest BCUT2D eigenvalue weighted by Gasteiger charge is -2.27. The lowest BCUT2D eigenvalue weighted by Crippen LogP contribution is -2.49. The summed E-state index contributed by atoms with van der Waals surface area (Å²) in [7, 11) is 0. The molecule has 0 radical (unpaired) electrons. The average Bonchev–Trinajstić information content (AvgIpc) is 2.23. The SMILES string of the molecule is C=CCOC(=O)C(C)(N)OCCC(C)(C)OC(=O)O. The molecule has 0 amide bonds. The van der Waals surface area contributed by atoms with Gasteiger partial charge in [0.15, 0.2) is 0 Å². The summed E-state index contributed by atoms with van der Waals surface area (Å²) >= 11 is 0. The zero-order chi connectivity index (χ0) is 15.1. The van der Waals surface area contributed by atoms with Gasteiger partial charge in [-0.05, 0) is 20.8 Å². The third-order valence-corrected chi connectivity index (χ3v) is 2.21. The van der Waals surface area contributed by atoms with Gasteiger partial charge in [0, 0.05) is 6.42 Å². The fourth-order valence-corrected chi connectivity index (χ4v) is 1.13. The van der Waals surface area contributed by atoms with Crippen molar-refractivity contribution in [2.75, 3.05) is 13.2 Å². The van der Waals surface area contributed by atoms with E-state index in [0.29, 0.717) is 0 Å². The van der Waals surface area contributed by atoms with Crippen molar-refractivity contribution in [1.29, 1.82) is 0 Å². The van der Waals surface area contributed by atoms with Gasteiger partial charge in [-0.25, -0.2) is 9.59 Å². The number of rotatable bonds is 8. The number of carbonyl (C=O) groups is 2. The molecule has 3 N–H and O–H groups in total. The summed E-state index contributed by atoms with van der Waals surface area (Å²) in [6.45, 7) is 8.05. The number of esters is 1. The molecule has 0 fully saturated rings. The summed E-state index contributed by atoms with van der Waals surface area (Å²) in [6, 6.07) is 0. The molecule has 0 aliphatic carbocycles. The van der Waals surface area contributed by atoms with Crippen LogP contribution in [-0.4, -0.2) is 41.8 Å². The minimum atomic E-state index is -1.59. The van der Waals surface area contributed by atoms with Crippen LogP contribution in [0, 0.1) is 0 Å². The number of nitrogens with two attached hydrogens (primary N) is 1. The summed E-state index contributed by atoms with van der Waals surface area (Å²) < 4.78 is 14.6. The van der Waals surface area contributed by atoms with E-state index in [-0.39, 0.29) is 19.6 Å². The van der Waals surface area contributed by atoms with Crippen LogP contribution < -0.4 is 5.73 Å². The van der Waals surface area contributed by atoms with Crippen LogP contribution in [-0.2, 0) is 19.0 Å². The Labute approximate surface area is 112 Å². The maximum absolute atomic E-state index is 11.5. The maximum Gasteiger partial charge on any atom is 0.506 e. The van der Waals surface area contributed by atoms with Gasteiger partial charge in [0.25, 0.3) is 0 Å². The monoisotopic (exact) mass is 275 g/mol. The fourth-order valence-electron chi connectivity index (χ4n) is 1.13. The van der Waals surface area contributed by atoms with Crippen molar-refractivity contribution in [1.82, 2.24) is 0 Å². The topological polar surface area (TPSA) is 108 Å². The number of carbonyl (C=O) groups excluding carboxylic acids is 1. The summed E-state index contributed by atoms with van der Waals surface area (Å²) in [5.41, 5.74) is 3.12. The van der Waals surface area contributed by atoms with Crippen molar-refractivity contribution >= 4 is 12.1 Å². The Kier molecular flexibility index (Phi) is 6.51. The van der Waals surface area contributed by atoms with Gasteiger partial charge in [-0.15, -0.1) is 0 Å². The van der Waals surface area contributed by atoms with E-state index in [9.17, 15) is 9.59 Å². The van der Waals surface area contributed by atoms with E-state index < -0.39 is 23.5 Å². The lowest BCUT2D eigenvalue weighted by atomic mass is 10.1. The molecule has 0 aromatic carbocycles. The molecule has 0 aromatic heterocycles. The molecule has 0 rings (SSSR count). The highest BCUT2D eigenvalue weighted by Crippen LogP contribution is 2.16. The van der Waals surface area contributed by atoms with Crippen LogP contribution in [0.1, 0.15) is 27.2 Å². The summed E-state index contributed by atoms with van der Waals surface area (Å²) in [5.74, 6) is -0.718. The molecular formula is C12H21NO6. The normalized spacial score (nSPS) is 14.3. The molecular weight excluding hydrogens is 254 g/mol. The van der Waals surface area contributed by atoms with Gasteiger partial charge in [-0.1, -0.05) is 12.7 Å². The second-order valence-corrected chi connectivity index (χ2v) is 4.72. The van der Waals surface area contributed by atoms with Gasteiger partial charge in [-0.3, -0.25) is 5.73 Å². The molecule has 0 bridgehead atoms. The molecule has 0 saturated carbocycles. The molecule has 1 unspecified atom stereocenters. The minimum absolute atomic E-state index is 0.0442. The first kappa shape index (κ1) is 17.4. The predicted octanol–water partition coefficient (Wildman–Crippen LogP) is 1.27. The number of hydrogen-bond acceptors (Lipinski definition) is 6. The third-order valence-electron chi connectivity index (χ3n) is 2.21. The van der Waals surface area contributed by atoms with Crippen molar-refractivity contribution in [3.8, 4) is 0 Å². The van der Waals surface area contributed by atoms with Crippen LogP contribution in [0.5, 0.6) is 0 Å². The zero-order valence-corrected chi connectivity index (χ0v) is 11.5. The highest BCUT2D eigenvalue weighted by Gasteiger charge is 2.32. The molecule has 0 aromatic rings. The van der Waals surface area contributed by atoms with E-state index in [4.69, 9.17) is 20.3 Å². The number of hydrogen-bond donors (Lipinski definition) is 2. The van der Waals surface area contributed by atoms with E-state index in [1.807, 2.05) is 0 Å². The van der Waals surface area contributed by atoms with Crippen LogP contribution in [0.25, 0.3) is 0 Å². The second-order valence-electron chi connectivity index (χ2n) is 4.72. The minimum Gasteiger partial charge on any atom is -0.458 e. The third kappa shape index (κ3) is 7.43. The van der Waals surface area contributed by atoms with Crippen LogP contribution in [0.2, 0.25) is 0 Å². The van der Waals surface area contributed by atoms with Crippen LogP contribution >= 0.6 is 0 Å². The van der Waals surface area contributed by atoms with Gasteiger partial charge in [0.1, 0.15) is 12.2 Å². The Balaban J connectivity index is 4.20. The van der Waals surface area contributed by atoms with E-state index in [1.54, 1.807) is 13.8 Å². The predicted molar refractivity (Wildman–Crippen MR) is 67.5 cm³/mol. The Morgan fingerprint density at radius 2 is 1.95 bits per heavy atom. The summed E-state index contributed by atoms with van der Waals surface area (Å²) in [5, 5.41) is 8.52. The molecule has 110 valence electrons. The second kappa shape index (κ2) is 7.10. The number of carboxylic acid groups (broad SMARTS) is 1. The van der Waals surface area contributed by atoms with E-state index in [0.717, 1.165) is 0 Å². The summed E-state index contributed by atoms with van der Waals surface area (Å²) in [6.07, 6.45) is 0.296. The van der Waals surface area contributed by atoms with Gasteiger partial charge in [-0.2, -0.15) is 0 Å². The summed E-state index contributed by atoms with van der Waals surface area (Å²) in [4.78, 5) is 21.9. The van der Waals surface area contributed by atoms with Crippen molar-refractivity contribution in [2.24, 2.45) is 5.73 Å². The average molecular weight is 275 g/mol. The largest absolute Gasteiger partial charge is 0.506 e. The maximum atomic E-state index is 11.5. The smallest absolute Gasteiger partial charge is 0.458 e. The molecule has 0 heterocycles. The highest BCUT2D eigenvalue weighted by atomic mass is 16.7. The first-order valence-corrected chi connectivity index (χ1v) is 5.73. The van der Waals surface area contributed by atoms with Crippen LogP contribution in [0.15, 0.2) is 12.7 Å². The lowest BCUT2D eigenvalue weighted by molar-refractivity contribution is -0.170. The zero-order valence-electron chi connectivity index (χ0n) is 11.5. The Morgan fingerprint density at radius 1 is 1.37 bits per heavy atom. The van der Waals surface area contributed by atoms with E-state index in [1.165, 1.54) is 13.0 Å². The first-order valence-electron chi connectivity index (χ1n) is 5.73. The first-order chi connectivity index (χ1) is 8.60. The van der Waals surface area contributed by atoms with Crippen molar-refractivity contribution in [3.63, 3.8) is 0 Å². The van der Waals surface area contributed by atoms with E-state index >= 15 is 0 Å². The van der Waals surface area contributed by atoms with Gasteiger partial charge >= 0.3 is 12.1 Å². The Hall–Kier alpha value is -1.60. The van der Waals surface area contributed by atoms with Gasteiger partial charge < -0.3 is 19.3 Å². The molecule has 7 heteroatoms. The molecule has 0 saturated heterocycles. The van der Waals surface area contributed by atoms with Crippen molar-refractivity contribution < 1.29 is 28.9 Å². The molecule has 0 aliphatic heterocycles. The van der Waals surface area contributed by atoms with Crippen molar-refractivity contribution in [3.05, 3.63) is 12.7 Å². The van der Waals surface area contributed by atoms with Crippen LogP contribution in [0.3, 0.4) is 0 Å². The molecule has 1 atom stereocenters. The van der Waals surface area contributed by atoms with Gasteiger partial charge in [0.2, 0.25) is 5.72 Å². The standard InChI is InChI=1S/C12H21NO6/c1-5-7-17-9(14)12(4,13)18-8-6-11(2,3)19-10(15)16/h5H,1,6-8,13H2,2-4H3,(H,15,16). The molecule has 0 aliphatic rings. The molecule has 7 nitrogen and oxygen atoms in total. The van der Waals surface area contributed by atoms with Gasteiger partial charge in [0.05, 0.1) is 6.61 Å². The number of ether oxygens (including phenoxy) is 3. The Bertz CT molecular complexity index is 337. The van der Waals surface area contributed by atoms with E-state index in [2.05, 4.69) is 11.3 Å². The quantitative estimate of drug-likeness (QED) is 0.390.